The number of hydrogen-bond donors (Lipinski definition) is 0. The molecule has 1 amide bonds. The van der Waals surface area contributed by atoms with Crippen LogP contribution in [-0.2, 0) is 17.8 Å². The molecule has 1 fully saturated rings. The summed E-state index contributed by atoms with van der Waals surface area (Å²) in [5.74, 6) is 0.595. The molecule has 1 aliphatic rings. The van der Waals surface area contributed by atoms with Gasteiger partial charge in [-0.05, 0) is 51.3 Å². The number of thioether (sulfide) groups is 1. The molecular formula is C25H28N4O2S2. The molecule has 0 bridgehead atoms. The van der Waals surface area contributed by atoms with Crippen molar-refractivity contribution in [2.75, 3.05) is 24.5 Å². The Kier molecular flexibility index (Phi) is 8.11. The van der Waals surface area contributed by atoms with Crippen molar-refractivity contribution in [3.05, 3.63) is 67.8 Å². The summed E-state index contributed by atoms with van der Waals surface area (Å²) >= 11 is 6.78. The van der Waals surface area contributed by atoms with Crippen molar-refractivity contribution in [3.8, 4) is 6.07 Å². The summed E-state index contributed by atoms with van der Waals surface area (Å²) in [5.41, 5.74) is 2.26. The molecule has 8 heteroatoms. The maximum atomic E-state index is 13.3. The van der Waals surface area contributed by atoms with Gasteiger partial charge in [0.15, 0.2) is 0 Å². The lowest BCUT2D eigenvalue weighted by atomic mass is 10.0. The standard InChI is InChI=1S/C25H28N4O2S2/c1-5-27(6-2)22-19(17(4)20(16-26)23(30)28(22)7-3)15-21-24(31)29(25(32)33-21)14-13-18-11-9-8-10-12-18/h8-12,15H,5-7,13-14H2,1-4H3. The first-order chi connectivity index (χ1) is 15.9. The Hall–Kier alpha value is -2.89. The second-order valence-electron chi connectivity index (χ2n) is 7.64. The van der Waals surface area contributed by atoms with Gasteiger partial charge in [0.1, 0.15) is 21.8 Å². The molecule has 0 unspecified atom stereocenters. The normalized spacial score (nSPS) is 14.8. The minimum atomic E-state index is -0.299. The van der Waals surface area contributed by atoms with E-state index in [1.807, 2.05) is 51.1 Å². The average Bonchev–Trinajstić information content (AvgIpc) is 3.08. The van der Waals surface area contributed by atoms with E-state index in [0.717, 1.165) is 16.9 Å². The first kappa shape index (κ1) is 24.7. The lowest BCUT2D eigenvalue weighted by Gasteiger charge is -2.28. The topological polar surface area (TPSA) is 69.3 Å². The molecule has 0 saturated carbocycles. The second-order valence-corrected chi connectivity index (χ2v) is 9.32. The van der Waals surface area contributed by atoms with Crippen LogP contribution in [0.5, 0.6) is 0 Å². The van der Waals surface area contributed by atoms with Crippen LogP contribution in [0.15, 0.2) is 40.0 Å². The van der Waals surface area contributed by atoms with Gasteiger partial charge in [0.25, 0.3) is 11.5 Å². The Morgan fingerprint density at radius 3 is 2.39 bits per heavy atom. The molecule has 0 radical (unpaired) electrons. The minimum absolute atomic E-state index is 0.110. The van der Waals surface area contributed by atoms with Gasteiger partial charge in [0.05, 0.1) is 4.91 Å². The third kappa shape index (κ3) is 4.90. The quantitative estimate of drug-likeness (QED) is 0.414. The number of aromatic nitrogens is 1. The van der Waals surface area contributed by atoms with Gasteiger partial charge in [-0.3, -0.25) is 19.1 Å². The van der Waals surface area contributed by atoms with Gasteiger partial charge in [-0.1, -0.05) is 54.3 Å². The molecule has 172 valence electrons. The number of amides is 1. The lowest BCUT2D eigenvalue weighted by molar-refractivity contribution is -0.122. The lowest BCUT2D eigenvalue weighted by Crippen LogP contribution is -2.34. The van der Waals surface area contributed by atoms with E-state index in [4.69, 9.17) is 12.2 Å². The summed E-state index contributed by atoms with van der Waals surface area (Å²) < 4.78 is 2.15. The average molecular weight is 481 g/mol. The zero-order valence-electron chi connectivity index (χ0n) is 19.4. The van der Waals surface area contributed by atoms with Gasteiger partial charge in [0, 0.05) is 31.7 Å². The Balaban J connectivity index is 2.06. The highest BCUT2D eigenvalue weighted by Gasteiger charge is 2.33. The SMILES string of the molecule is CCN(CC)c1c(C=C2SC(=S)N(CCc3ccccc3)C2=O)c(C)c(C#N)c(=O)n1CC. The Morgan fingerprint density at radius 2 is 1.82 bits per heavy atom. The van der Waals surface area contributed by atoms with Crippen LogP contribution in [0.3, 0.4) is 0 Å². The van der Waals surface area contributed by atoms with E-state index in [1.54, 1.807) is 22.5 Å². The second kappa shape index (κ2) is 10.8. The fraction of sp³-hybridized carbons (Fsp3) is 0.360. The van der Waals surface area contributed by atoms with Crippen LogP contribution < -0.4 is 10.5 Å². The molecule has 0 atom stereocenters. The molecule has 33 heavy (non-hydrogen) atoms. The van der Waals surface area contributed by atoms with E-state index >= 15 is 0 Å². The zero-order valence-corrected chi connectivity index (χ0v) is 21.1. The predicted molar refractivity (Wildman–Crippen MR) is 139 cm³/mol. The van der Waals surface area contributed by atoms with Gasteiger partial charge in [0.2, 0.25) is 0 Å². The third-order valence-corrected chi connectivity index (χ3v) is 7.22. The largest absolute Gasteiger partial charge is 0.358 e. The Labute approximate surface area is 204 Å². The number of carbonyl (C=O) groups excluding carboxylic acids is 1. The summed E-state index contributed by atoms with van der Waals surface area (Å²) in [4.78, 5) is 30.5. The van der Waals surface area contributed by atoms with Crippen LogP contribution in [0.2, 0.25) is 0 Å². The van der Waals surface area contributed by atoms with E-state index in [2.05, 4.69) is 11.0 Å². The van der Waals surface area contributed by atoms with Crippen molar-refractivity contribution in [1.29, 1.82) is 5.26 Å². The summed E-state index contributed by atoms with van der Waals surface area (Å²) in [6, 6.07) is 12.1. The number of nitrogens with zero attached hydrogens (tertiary/aromatic N) is 4. The van der Waals surface area contributed by atoms with Gasteiger partial charge < -0.3 is 4.90 Å². The van der Waals surface area contributed by atoms with Crippen molar-refractivity contribution >= 4 is 46.1 Å². The van der Waals surface area contributed by atoms with E-state index in [-0.39, 0.29) is 17.0 Å². The van der Waals surface area contributed by atoms with Crippen LogP contribution in [0.4, 0.5) is 5.82 Å². The molecule has 1 saturated heterocycles. The van der Waals surface area contributed by atoms with Crippen molar-refractivity contribution in [2.24, 2.45) is 0 Å². The van der Waals surface area contributed by atoms with E-state index in [0.29, 0.717) is 47.4 Å². The maximum absolute atomic E-state index is 13.3. The first-order valence-electron chi connectivity index (χ1n) is 11.1. The van der Waals surface area contributed by atoms with Gasteiger partial charge >= 0.3 is 0 Å². The molecule has 3 rings (SSSR count). The van der Waals surface area contributed by atoms with Gasteiger partial charge in [-0.15, -0.1) is 0 Å². The van der Waals surface area contributed by atoms with Gasteiger partial charge in [-0.2, -0.15) is 5.26 Å². The summed E-state index contributed by atoms with van der Waals surface area (Å²) in [6.45, 7) is 10.0. The molecule has 2 aromatic rings. The number of rotatable bonds is 8. The molecule has 6 nitrogen and oxygen atoms in total. The Morgan fingerprint density at radius 1 is 1.15 bits per heavy atom. The smallest absolute Gasteiger partial charge is 0.270 e. The van der Waals surface area contributed by atoms with Crippen LogP contribution in [0, 0.1) is 18.3 Å². The Bertz CT molecular complexity index is 1190. The molecule has 2 heterocycles. The fourth-order valence-corrected chi connectivity index (χ4v) is 5.30. The molecule has 1 aromatic carbocycles. The fourth-order valence-electron chi connectivity index (χ4n) is 4.01. The van der Waals surface area contributed by atoms with Crippen molar-refractivity contribution in [2.45, 2.75) is 40.7 Å². The van der Waals surface area contributed by atoms with Crippen LogP contribution in [0.1, 0.15) is 43.0 Å². The number of pyridine rings is 1. The molecule has 0 spiro atoms. The summed E-state index contributed by atoms with van der Waals surface area (Å²) in [6.07, 6.45) is 2.51. The number of anilines is 1. The maximum Gasteiger partial charge on any atom is 0.270 e. The molecule has 0 aliphatic carbocycles. The predicted octanol–water partition coefficient (Wildman–Crippen LogP) is 4.34. The summed E-state index contributed by atoms with van der Waals surface area (Å²) in [7, 11) is 0. The minimum Gasteiger partial charge on any atom is -0.358 e. The third-order valence-electron chi connectivity index (χ3n) is 5.84. The highest BCUT2D eigenvalue weighted by atomic mass is 32.2. The molecular weight excluding hydrogens is 452 g/mol. The molecule has 0 N–H and O–H groups in total. The van der Waals surface area contributed by atoms with Gasteiger partial charge in [-0.25, -0.2) is 0 Å². The zero-order chi connectivity index (χ0) is 24.1. The van der Waals surface area contributed by atoms with Crippen molar-refractivity contribution in [3.63, 3.8) is 0 Å². The molecule has 1 aromatic heterocycles. The van der Waals surface area contributed by atoms with Crippen LogP contribution in [0.25, 0.3) is 6.08 Å². The summed E-state index contributed by atoms with van der Waals surface area (Å²) in [5, 5.41) is 9.66. The monoisotopic (exact) mass is 480 g/mol. The number of carbonyl (C=O) groups is 1. The number of nitriles is 1. The van der Waals surface area contributed by atoms with Crippen LogP contribution in [-0.4, -0.2) is 39.3 Å². The number of thiocarbonyl (C=S) groups is 1. The van der Waals surface area contributed by atoms with Crippen molar-refractivity contribution in [1.82, 2.24) is 9.47 Å². The number of hydrogen-bond acceptors (Lipinski definition) is 6. The van der Waals surface area contributed by atoms with E-state index in [9.17, 15) is 14.9 Å². The highest BCUT2D eigenvalue weighted by Crippen LogP contribution is 2.35. The van der Waals surface area contributed by atoms with Crippen molar-refractivity contribution < 1.29 is 4.79 Å². The van der Waals surface area contributed by atoms with E-state index in [1.165, 1.54) is 11.8 Å². The van der Waals surface area contributed by atoms with E-state index < -0.39 is 0 Å². The highest BCUT2D eigenvalue weighted by molar-refractivity contribution is 8.26. The molecule has 1 aliphatic heterocycles. The number of benzene rings is 1. The van der Waals surface area contributed by atoms with Crippen LogP contribution >= 0.6 is 24.0 Å². The first-order valence-corrected chi connectivity index (χ1v) is 12.3.